The Morgan fingerprint density at radius 2 is 1.58 bits per heavy atom. The van der Waals surface area contributed by atoms with Gasteiger partial charge in [0.1, 0.15) is 0 Å². The van der Waals surface area contributed by atoms with Crippen molar-refractivity contribution in [1.82, 2.24) is 4.90 Å². The van der Waals surface area contributed by atoms with E-state index in [9.17, 15) is 26.4 Å². The van der Waals surface area contributed by atoms with Crippen molar-refractivity contribution >= 4 is 27.3 Å². The molecule has 1 N–H and O–H groups in total. The van der Waals surface area contributed by atoms with Crippen molar-refractivity contribution in [3.05, 3.63) is 89.0 Å². The summed E-state index contributed by atoms with van der Waals surface area (Å²) in [5.41, 5.74) is 1.97. The van der Waals surface area contributed by atoms with Gasteiger partial charge in [0.15, 0.2) is 0 Å². The largest absolute Gasteiger partial charge is 0.416 e. The van der Waals surface area contributed by atoms with Crippen molar-refractivity contribution in [2.45, 2.75) is 24.9 Å². The molecule has 10 heteroatoms. The highest BCUT2D eigenvalue weighted by Crippen LogP contribution is 2.32. The fraction of sp³-hybridized carbons (Fsp3) is 0.269. The lowest BCUT2D eigenvalue weighted by Crippen LogP contribution is -2.49. The van der Waals surface area contributed by atoms with Crippen LogP contribution < -0.4 is 9.62 Å². The van der Waals surface area contributed by atoms with Crippen molar-refractivity contribution in [1.29, 1.82) is 0 Å². The Hall–Kier alpha value is -3.53. The van der Waals surface area contributed by atoms with E-state index in [-0.39, 0.29) is 16.4 Å². The summed E-state index contributed by atoms with van der Waals surface area (Å²) in [5.74, 6) is -0.316. The number of hydrogen-bond donors (Lipinski definition) is 1. The number of amides is 1. The number of halogens is 3. The highest BCUT2D eigenvalue weighted by molar-refractivity contribution is 7.92. The first-order valence-corrected chi connectivity index (χ1v) is 12.8. The number of nitrogens with one attached hydrogen (secondary N) is 1. The van der Waals surface area contributed by atoms with Crippen LogP contribution in [0, 0.1) is 13.8 Å². The molecule has 3 aromatic carbocycles. The minimum absolute atomic E-state index is 0.0273. The Kier molecular flexibility index (Phi) is 6.99. The predicted molar refractivity (Wildman–Crippen MR) is 133 cm³/mol. The molecule has 0 aliphatic carbocycles. The van der Waals surface area contributed by atoms with Gasteiger partial charge in [-0.1, -0.05) is 24.3 Å². The zero-order valence-corrected chi connectivity index (χ0v) is 20.7. The number of anilines is 2. The number of sulfonamides is 1. The van der Waals surface area contributed by atoms with E-state index in [4.69, 9.17) is 0 Å². The molecule has 1 amide bonds. The molecule has 0 bridgehead atoms. The van der Waals surface area contributed by atoms with Gasteiger partial charge in [-0.05, 0) is 67.4 Å². The number of carbonyl (C=O) groups is 1. The van der Waals surface area contributed by atoms with Crippen molar-refractivity contribution in [3.63, 3.8) is 0 Å². The summed E-state index contributed by atoms with van der Waals surface area (Å²) in [6.45, 7) is 4.90. The summed E-state index contributed by atoms with van der Waals surface area (Å²) in [5, 5.41) is 0. The molecule has 6 nitrogen and oxygen atoms in total. The molecule has 1 aliphatic heterocycles. The average Bonchev–Trinajstić information content (AvgIpc) is 2.83. The summed E-state index contributed by atoms with van der Waals surface area (Å²) in [6, 6.07) is 16.5. The molecular formula is C26H26F3N3O3S. The quantitative estimate of drug-likeness (QED) is 0.512. The summed E-state index contributed by atoms with van der Waals surface area (Å²) in [4.78, 5) is 16.6. The van der Waals surface area contributed by atoms with Crippen LogP contribution in [0.15, 0.2) is 71.6 Å². The standard InChI is InChI=1S/C26H26F3N3O3S/c1-18-5-3-7-21(15-18)30-36(34,35)23-10-9-19(2)24(17-23)25(33)32-13-11-31(12-14-32)22-8-4-6-20(16-22)26(27,28)29/h3-10,15-17,30H,11-14H2,1-2H3. The topological polar surface area (TPSA) is 69.7 Å². The molecule has 0 atom stereocenters. The number of benzene rings is 3. The van der Waals surface area contributed by atoms with Gasteiger partial charge < -0.3 is 9.80 Å². The maximum Gasteiger partial charge on any atom is 0.416 e. The number of aryl methyl sites for hydroxylation is 2. The van der Waals surface area contributed by atoms with Gasteiger partial charge in [0.2, 0.25) is 0 Å². The number of piperazine rings is 1. The summed E-state index contributed by atoms with van der Waals surface area (Å²) in [6.07, 6.45) is -4.43. The molecule has 0 spiro atoms. The first kappa shape index (κ1) is 25.6. The maximum absolute atomic E-state index is 13.3. The third-order valence-corrected chi connectivity index (χ3v) is 7.50. The Balaban J connectivity index is 1.48. The number of nitrogens with zero attached hydrogens (tertiary/aromatic N) is 2. The minimum atomic E-state index is -4.43. The Labute approximate surface area is 208 Å². The van der Waals surface area contributed by atoms with Crippen LogP contribution in [0.25, 0.3) is 0 Å². The van der Waals surface area contributed by atoms with Crippen LogP contribution in [-0.2, 0) is 16.2 Å². The number of hydrogen-bond acceptors (Lipinski definition) is 4. The van der Waals surface area contributed by atoms with Gasteiger partial charge >= 0.3 is 6.18 Å². The van der Waals surface area contributed by atoms with Gasteiger partial charge in [0.25, 0.3) is 15.9 Å². The van der Waals surface area contributed by atoms with Crippen LogP contribution in [0.4, 0.5) is 24.5 Å². The van der Waals surface area contributed by atoms with Gasteiger partial charge in [0, 0.05) is 43.1 Å². The van der Waals surface area contributed by atoms with Gasteiger partial charge in [0.05, 0.1) is 10.5 Å². The highest BCUT2D eigenvalue weighted by atomic mass is 32.2. The third kappa shape index (κ3) is 5.64. The lowest BCUT2D eigenvalue weighted by molar-refractivity contribution is -0.137. The highest BCUT2D eigenvalue weighted by Gasteiger charge is 2.31. The maximum atomic E-state index is 13.3. The van der Waals surface area contributed by atoms with Crippen molar-refractivity contribution in [2.75, 3.05) is 35.8 Å². The van der Waals surface area contributed by atoms with Gasteiger partial charge in [-0.3, -0.25) is 9.52 Å². The van der Waals surface area contributed by atoms with Crippen LogP contribution in [0.5, 0.6) is 0 Å². The average molecular weight is 518 g/mol. The third-order valence-electron chi connectivity index (χ3n) is 6.13. The zero-order valence-electron chi connectivity index (χ0n) is 19.8. The predicted octanol–water partition coefficient (Wildman–Crippen LogP) is 5.09. The van der Waals surface area contributed by atoms with Gasteiger partial charge in [-0.2, -0.15) is 13.2 Å². The zero-order chi connectivity index (χ0) is 26.1. The molecule has 3 aromatic rings. The molecule has 1 aliphatic rings. The van der Waals surface area contributed by atoms with Crippen LogP contribution in [-0.4, -0.2) is 45.4 Å². The van der Waals surface area contributed by atoms with E-state index in [1.807, 2.05) is 13.0 Å². The molecule has 0 saturated carbocycles. The van der Waals surface area contributed by atoms with Gasteiger partial charge in [-0.25, -0.2) is 8.42 Å². The van der Waals surface area contributed by atoms with E-state index in [1.165, 1.54) is 18.2 Å². The van der Waals surface area contributed by atoms with Crippen molar-refractivity contribution in [2.24, 2.45) is 0 Å². The van der Waals surface area contributed by atoms with Crippen molar-refractivity contribution in [3.8, 4) is 0 Å². The lowest BCUT2D eigenvalue weighted by Gasteiger charge is -2.36. The lowest BCUT2D eigenvalue weighted by atomic mass is 10.1. The molecule has 1 heterocycles. The van der Waals surface area contributed by atoms with E-state index in [1.54, 1.807) is 47.1 Å². The normalized spacial score (nSPS) is 14.6. The second-order valence-corrected chi connectivity index (χ2v) is 10.5. The number of alkyl halides is 3. The van der Waals surface area contributed by atoms with Crippen LogP contribution in [0.1, 0.15) is 27.0 Å². The van der Waals surface area contributed by atoms with E-state index < -0.39 is 21.8 Å². The molecule has 4 rings (SSSR count). The SMILES string of the molecule is Cc1cccc(NS(=O)(=O)c2ccc(C)c(C(=O)N3CCN(c4cccc(C(F)(F)F)c4)CC3)c2)c1. The second-order valence-electron chi connectivity index (χ2n) is 8.78. The molecular weight excluding hydrogens is 491 g/mol. The Morgan fingerprint density at radius 3 is 2.25 bits per heavy atom. The fourth-order valence-corrected chi connectivity index (χ4v) is 5.21. The first-order chi connectivity index (χ1) is 16.9. The molecule has 0 aromatic heterocycles. The van der Waals surface area contributed by atoms with Crippen molar-refractivity contribution < 1.29 is 26.4 Å². The Morgan fingerprint density at radius 1 is 0.889 bits per heavy atom. The monoisotopic (exact) mass is 517 g/mol. The second kappa shape index (κ2) is 9.85. The summed E-state index contributed by atoms with van der Waals surface area (Å²) >= 11 is 0. The van der Waals surface area contributed by atoms with E-state index in [2.05, 4.69) is 4.72 Å². The van der Waals surface area contributed by atoms with Crippen LogP contribution in [0.2, 0.25) is 0 Å². The molecule has 36 heavy (non-hydrogen) atoms. The van der Waals surface area contributed by atoms with Gasteiger partial charge in [-0.15, -0.1) is 0 Å². The van der Waals surface area contributed by atoms with E-state index >= 15 is 0 Å². The fourth-order valence-electron chi connectivity index (χ4n) is 4.14. The summed E-state index contributed by atoms with van der Waals surface area (Å²) in [7, 11) is -3.92. The molecule has 190 valence electrons. The first-order valence-electron chi connectivity index (χ1n) is 11.4. The molecule has 0 unspecified atom stereocenters. The van der Waals surface area contributed by atoms with E-state index in [0.29, 0.717) is 43.1 Å². The molecule has 1 saturated heterocycles. The van der Waals surface area contributed by atoms with E-state index in [0.717, 1.165) is 17.7 Å². The molecule has 1 fully saturated rings. The van der Waals surface area contributed by atoms with Crippen LogP contribution >= 0.6 is 0 Å². The number of carbonyl (C=O) groups excluding carboxylic acids is 1. The molecule has 0 radical (unpaired) electrons. The Bertz CT molecular complexity index is 1380. The summed E-state index contributed by atoms with van der Waals surface area (Å²) < 4.78 is 67.6. The number of rotatable bonds is 5. The minimum Gasteiger partial charge on any atom is -0.368 e. The smallest absolute Gasteiger partial charge is 0.368 e. The van der Waals surface area contributed by atoms with Crippen LogP contribution in [0.3, 0.4) is 0 Å².